The molecular weight excluding hydrogens is 220 g/mol. The highest BCUT2D eigenvalue weighted by Crippen LogP contribution is 2.16. The van der Waals surface area contributed by atoms with Crippen LogP contribution < -0.4 is 0 Å². The Kier molecular flexibility index (Phi) is 4.56. The van der Waals surface area contributed by atoms with E-state index in [-0.39, 0.29) is 0 Å². The molecule has 0 bridgehead atoms. The van der Waals surface area contributed by atoms with Gasteiger partial charge in [0, 0.05) is 16.9 Å². The van der Waals surface area contributed by atoms with E-state index >= 15 is 0 Å². The van der Waals surface area contributed by atoms with Crippen LogP contribution in [0, 0.1) is 0 Å². The zero-order chi connectivity index (χ0) is 10.4. The Morgan fingerprint density at radius 2 is 2.36 bits per heavy atom. The molecule has 1 rings (SSSR count). The summed E-state index contributed by atoms with van der Waals surface area (Å²) in [7, 11) is 0. The number of carboxylic acid groups (broad SMARTS) is 1. The molecular formula is C10H9ClO2S. The van der Waals surface area contributed by atoms with Gasteiger partial charge in [-0.25, -0.2) is 4.79 Å². The molecule has 0 aromatic heterocycles. The van der Waals surface area contributed by atoms with E-state index in [0.29, 0.717) is 5.02 Å². The van der Waals surface area contributed by atoms with Crippen LogP contribution in [0.4, 0.5) is 0 Å². The third kappa shape index (κ3) is 4.35. The predicted octanol–water partition coefficient (Wildman–Crippen LogP) is 3.17. The van der Waals surface area contributed by atoms with Gasteiger partial charge in [0.2, 0.25) is 0 Å². The molecule has 0 spiro atoms. The van der Waals surface area contributed by atoms with Crippen LogP contribution in [0.25, 0.3) is 0 Å². The summed E-state index contributed by atoms with van der Waals surface area (Å²) in [5.41, 5.74) is 1.08. The molecule has 0 saturated carbocycles. The predicted molar refractivity (Wildman–Crippen MR) is 59.5 cm³/mol. The van der Waals surface area contributed by atoms with Crippen molar-refractivity contribution in [1.82, 2.24) is 0 Å². The molecule has 0 saturated heterocycles. The van der Waals surface area contributed by atoms with Gasteiger partial charge in [-0.05, 0) is 23.1 Å². The van der Waals surface area contributed by atoms with E-state index in [0.717, 1.165) is 17.4 Å². The fourth-order valence-corrected chi connectivity index (χ4v) is 1.77. The van der Waals surface area contributed by atoms with E-state index in [1.165, 1.54) is 11.8 Å². The number of thioether (sulfide) groups is 1. The van der Waals surface area contributed by atoms with E-state index in [4.69, 9.17) is 16.7 Å². The fourth-order valence-electron chi connectivity index (χ4n) is 0.877. The van der Waals surface area contributed by atoms with Gasteiger partial charge < -0.3 is 5.11 Å². The minimum atomic E-state index is -0.927. The molecule has 14 heavy (non-hydrogen) atoms. The van der Waals surface area contributed by atoms with Crippen molar-refractivity contribution in [2.45, 2.75) is 5.75 Å². The molecule has 0 unspecified atom stereocenters. The van der Waals surface area contributed by atoms with Crippen LogP contribution in [0.3, 0.4) is 0 Å². The maximum Gasteiger partial charge on any atom is 0.328 e. The van der Waals surface area contributed by atoms with Crippen molar-refractivity contribution in [1.29, 1.82) is 0 Å². The molecule has 0 radical (unpaired) electrons. The third-order valence-electron chi connectivity index (χ3n) is 1.45. The van der Waals surface area contributed by atoms with Crippen LogP contribution in [0.15, 0.2) is 35.7 Å². The first-order chi connectivity index (χ1) is 6.68. The highest BCUT2D eigenvalue weighted by Gasteiger charge is 1.93. The lowest BCUT2D eigenvalue weighted by Gasteiger charge is -1.97. The Labute approximate surface area is 91.6 Å². The quantitative estimate of drug-likeness (QED) is 0.805. The molecule has 0 amide bonds. The summed E-state index contributed by atoms with van der Waals surface area (Å²) < 4.78 is 0. The van der Waals surface area contributed by atoms with Gasteiger partial charge in [-0.15, -0.1) is 11.8 Å². The number of benzene rings is 1. The number of rotatable bonds is 4. The van der Waals surface area contributed by atoms with Crippen LogP contribution in [0.1, 0.15) is 5.56 Å². The molecule has 0 aliphatic carbocycles. The van der Waals surface area contributed by atoms with E-state index < -0.39 is 5.97 Å². The second-order valence-corrected chi connectivity index (χ2v) is 3.91. The fraction of sp³-hybridized carbons (Fsp3) is 0.100. The standard InChI is InChI=1S/C10H9ClO2S/c11-9-3-1-2-8(6-9)7-14-5-4-10(12)13/h1-6H,7H2,(H,12,13)/b5-4-. The SMILES string of the molecule is O=C(O)/C=C\SCc1cccc(Cl)c1. The molecule has 0 aliphatic rings. The largest absolute Gasteiger partial charge is 0.478 e. The van der Waals surface area contributed by atoms with Crippen LogP contribution in [-0.2, 0) is 10.5 Å². The molecule has 0 atom stereocenters. The van der Waals surface area contributed by atoms with Gasteiger partial charge >= 0.3 is 5.97 Å². The Morgan fingerprint density at radius 3 is 3.00 bits per heavy atom. The van der Waals surface area contributed by atoms with Gasteiger partial charge in [0.1, 0.15) is 0 Å². The molecule has 2 nitrogen and oxygen atoms in total. The summed E-state index contributed by atoms with van der Waals surface area (Å²) in [4.78, 5) is 10.1. The first kappa shape index (κ1) is 11.1. The minimum Gasteiger partial charge on any atom is -0.478 e. The van der Waals surface area contributed by atoms with Crippen molar-refractivity contribution in [3.05, 3.63) is 46.3 Å². The monoisotopic (exact) mass is 228 g/mol. The van der Waals surface area contributed by atoms with Crippen LogP contribution in [0.2, 0.25) is 5.02 Å². The van der Waals surface area contributed by atoms with E-state index in [1.54, 1.807) is 5.41 Å². The van der Waals surface area contributed by atoms with Crippen molar-refractivity contribution in [2.24, 2.45) is 0 Å². The van der Waals surface area contributed by atoms with Gasteiger partial charge in [0.15, 0.2) is 0 Å². The van der Waals surface area contributed by atoms with Crippen molar-refractivity contribution in [3.63, 3.8) is 0 Å². The number of aliphatic carboxylic acids is 1. The average Bonchev–Trinajstić information content (AvgIpc) is 2.12. The van der Waals surface area contributed by atoms with Gasteiger partial charge in [0.05, 0.1) is 0 Å². The highest BCUT2D eigenvalue weighted by molar-refractivity contribution is 8.01. The Morgan fingerprint density at radius 1 is 1.57 bits per heavy atom. The number of halogens is 1. The van der Waals surface area contributed by atoms with Gasteiger partial charge in [-0.2, -0.15) is 0 Å². The smallest absolute Gasteiger partial charge is 0.328 e. The van der Waals surface area contributed by atoms with E-state index in [1.807, 2.05) is 24.3 Å². The highest BCUT2D eigenvalue weighted by atomic mass is 35.5. The lowest BCUT2D eigenvalue weighted by molar-refractivity contribution is -0.131. The molecule has 4 heteroatoms. The van der Waals surface area contributed by atoms with E-state index in [2.05, 4.69) is 0 Å². The minimum absolute atomic E-state index is 0.699. The molecule has 0 aliphatic heterocycles. The van der Waals surface area contributed by atoms with Gasteiger partial charge in [-0.3, -0.25) is 0 Å². The summed E-state index contributed by atoms with van der Waals surface area (Å²) >= 11 is 7.21. The summed E-state index contributed by atoms with van der Waals surface area (Å²) in [6.07, 6.45) is 1.12. The number of hydrogen-bond acceptors (Lipinski definition) is 2. The number of carbonyl (C=O) groups is 1. The molecule has 1 aromatic rings. The second-order valence-electron chi connectivity index (χ2n) is 2.58. The first-order valence-electron chi connectivity index (χ1n) is 3.94. The van der Waals surface area contributed by atoms with Crippen LogP contribution in [0.5, 0.6) is 0 Å². The zero-order valence-corrected chi connectivity index (χ0v) is 8.89. The Hall–Kier alpha value is -0.930. The number of carboxylic acids is 1. The third-order valence-corrected chi connectivity index (χ3v) is 2.51. The van der Waals surface area contributed by atoms with Crippen LogP contribution >= 0.6 is 23.4 Å². The zero-order valence-electron chi connectivity index (χ0n) is 7.31. The summed E-state index contributed by atoms with van der Waals surface area (Å²) in [5, 5.41) is 10.6. The number of hydrogen-bond donors (Lipinski definition) is 1. The van der Waals surface area contributed by atoms with Crippen molar-refractivity contribution in [2.75, 3.05) is 0 Å². The lowest BCUT2D eigenvalue weighted by atomic mass is 10.2. The molecule has 74 valence electrons. The average molecular weight is 229 g/mol. The summed E-state index contributed by atoms with van der Waals surface area (Å²) in [5.74, 6) is -0.201. The molecule has 1 aromatic carbocycles. The van der Waals surface area contributed by atoms with Crippen molar-refractivity contribution < 1.29 is 9.90 Å². The van der Waals surface area contributed by atoms with Crippen molar-refractivity contribution in [3.8, 4) is 0 Å². The normalized spacial score (nSPS) is 10.6. The van der Waals surface area contributed by atoms with Crippen molar-refractivity contribution >= 4 is 29.3 Å². The summed E-state index contributed by atoms with van der Waals surface area (Å²) in [6.45, 7) is 0. The molecule has 1 N–H and O–H groups in total. The first-order valence-corrected chi connectivity index (χ1v) is 5.36. The maximum absolute atomic E-state index is 10.1. The van der Waals surface area contributed by atoms with Gasteiger partial charge in [0.25, 0.3) is 0 Å². The molecule has 0 fully saturated rings. The maximum atomic E-state index is 10.1. The summed E-state index contributed by atoms with van der Waals surface area (Å²) in [6, 6.07) is 7.50. The lowest BCUT2D eigenvalue weighted by Crippen LogP contribution is -1.84. The van der Waals surface area contributed by atoms with Gasteiger partial charge in [-0.1, -0.05) is 23.7 Å². The second kappa shape index (κ2) is 5.73. The molecule has 0 heterocycles. The van der Waals surface area contributed by atoms with Crippen LogP contribution in [-0.4, -0.2) is 11.1 Å². The Bertz CT molecular complexity index is 350. The topological polar surface area (TPSA) is 37.3 Å². The van der Waals surface area contributed by atoms with E-state index in [9.17, 15) is 4.79 Å². The Balaban J connectivity index is 2.42.